The van der Waals surface area contributed by atoms with Gasteiger partial charge in [0.25, 0.3) is 0 Å². The highest BCUT2D eigenvalue weighted by atomic mass is 16.5. The molecule has 1 aliphatic rings. The summed E-state index contributed by atoms with van der Waals surface area (Å²) in [6.07, 6.45) is 7.05. The molecule has 0 radical (unpaired) electrons. The Labute approximate surface area is 204 Å². The Balaban J connectivity index is 1.38. The topological polar surface area (TPSA) is 98.8 Å². The highest BCUT2D eigenvalue weighted by molar-refractivity contribution is 6.01. The van der Waals surface area contributed by atoms with E-state index in [9.17, 15) is 9.59 Å². The maximum Gasteiger partial charge on any atom is 0.325 e. The second kappa shape index (κ2) is 10.9. The molecule has 8 nitrogen and oxygen atoms in total. The van der Waals surface area contributed by atoms with Gasteiger partial charge in [0.15, 0.2) is 11.5 Å². The molecule has 1 aromatic heterocycles. The number of allylic oxidation sites excluding steroid dienone is 1. The summed E-state index contributed by atoms with van der Waals surface area (Å²) in [5.41, 5.74) is 2.34. The van der Waals surface area contributed by atoms with Crippen LogP contribution in [0.15, 0.2) is 60.3 Å². The average molecular weight is 476 g/mol. The van der Waals surface area contributed by atoms with Crippen LogP contribution in [0, 0.1) is 5.92 Å². The van der Waals surface area contributed by atoms with Crippen molar-refractivity contribution in [3.05, 3.63) is 60.3 Å². The normalized spacial score (nSPS) is 15.2. The molecule has 0 spiro atoms. The summed E-state index contributed by atoms with van der Waals surface area (Å²) in [5.74, 6) is 2.61. The van der Waals surface area contributed by atoms with E-state index in [0.717, 1.165) is 30.2 Å². The Morgan fingerprint density at radius 2 is 1.77 bits per heavy atom. The van der Waals surface area contributed by atoms with Crippen molar-refractivity contribution in [1.29, 1.82) is 0 Å². The predicted molar refractivity (Wildman–Crippen MR) is 134 cm³/mol. The van der Waals surface area contributed by atoms with Crippen LogP contribution in [0.1, 0.15) is 32.6 Å². The number of benzene rings is 2. The lowest BCUT2D eigenvalue weighted by molar-refractivity contribution is -0.119. The number of amides is 3. The highest BCUT2D eigenvalue weighted by Crippen LogP contribution is 2.37. The Morgan fingerprint density at radius 1 is 1.03 bits per heavy atom. The molecule has 0 fully saturated rings. The fraction of sp³-hybridized carbons (Fsp3) is 0.296. The number of hydrogen-bond acceptors (Lipinski definition) is 6. The number of carbonyl (C=O) groups is 2. The van der Waals surface area contributed by atoms with Crippen molar-refractivity contribution in [1.82, 2.24) is 10.3 Å². The predicted octanol–water partition coefficient (Wildman–Crippen LogP) is 5.83. The Hall–Kier alpha value is -4.07. The molecule has 1 unspecified atom stereocenters. The molecule has 8 heteroatoms. The molecule has 3 amide bonds. The fourth-order valence-electron chi connectivity index (χ4n) is 4.16. The van der Waals surface area contributed by atoms with Crippen LogP contribution in [0.4, 0.5) is 10.5 Å². The van der Waals surface area contributed by atoms with Gasteiger partial charge in [0.2, 0.25) is 5.91 Å². The minimum absolute atomic E-state index is 0.251. The second-order valence-electron chi connectivity index (χ2n) is 8.59. The Bertz CT molecular complexity index is 1250. The standard InChI is InChI=1S/C27H29N3O5/c1-17-5-4-6-18(13-17)14-26(31)30-27(32)29-19-7-9-20(10-8-19)35-23-11-12-28-22-16-25(34-3)24(33-2)15-21(22)23/h6-12,15-17H,4-5,13-14H2,1-3H3,(H2,29,30,31,32). The first-order valence-electron chi connectivity index (χ1n) is 11.5. The number of urea groups is 1. The van der Waals surface area contributed by atoms with Gasteiger partial charge in [0, 0.05) is 29.8 Å². The lowest BCUT2D eigenvalue weighted by Gasteiger charge is -2.18. The number of hydrogen-bond donors (Lipinski definition) is 2. The van der Waals surface area contributed by atoms with Crippen molar-refractivity contribution in [2.24, 2.45) is 5.92 Å². The van der Waals surface area contributed by atoms with Gasteiger partial charge in [-0.05, 0) is 61.6 Å². The van der Waals surface area contributed by atoms with Gasteiger partial charge in [-0.3, -0.25) is 15.1 Å². The zero-order valence-electron chi connectivity index (χ0n) is 20.1. The number of methoxy groups -OCH3 is 2. The second-order valence-corrected chi connectivity index (χ2v) is 8.59. The first-order chi connectivity index (χ1) is 16.9. The van der Waals surface area contributed by atoms with Crippen LogP contribution in [0.3, 0.4) is 0 Å². The molecule has 1 atom stereocenters. The Morgan fingerprint density at radius 3 is 2.49 bits per heavy atom. The number of rotatable bonds is 7. The number of ether oxygens (including phenoxy) is 3. The zero-order valence-corrected chi connectivity index (χ0v) is 20.1. The first kappa shape index (κ1) is 24.1. The summed E-state index contributed by atoms with van der Waals surface area (Å²) in [5, 5.41) is 5.85. The van der Waals surface area contributed by atoms with E-state index in [1.807, 2.05) is 6.07 Å². The molecule has 0 saturated heterocycles. The summed E-state index contributed by atoms with van der Waals surface area (Å²) in [7, 11) is 3.15. The molecule has 0 saturated carbocycles. The summed E-state index contributed by atoms with van der Waals surface area (Å²) in [6.45, 7) is 2.18. The average Bonchev–Trinajstić information content (AvgIpc) is 2.84. The minimum Gasteiger partial charge on any atom is -0.493 e. The number of imide groups is 1. The van der Waals surface area contributed by atoms with Gasteiger partial charge in [-0.15, -0.1) is 0 Å². The van der Waals surface area contributed by atoms with Crippen LogP contribution in [-0.2, 0) is 4.79 Å². The van der Waals surface area contributed by atoms with E-state index in [-0.39, 0.29) is 12.3 Å². The van der Waals surface area contributed by atoms with E-state index < -0.39 is 6.03 Å². The minimum atomic E-state index is -0.561. The van der Waals surface area contributed by atoms with Crippen LogP contribution in [0.2, 0.25) is 0 Å². The summed E-state index contributed by atoms with van der Waals surface area (Å²) in [4.78, 5) is 28.8. The highest BCUT2D eigenvalue weighted by Gasteiger charge is 2.16. The molecule has 3 aromatic rings. The largest absolute Gasteiger partial charge is 0.493 e. The van der Waals surface area contributed by atoms with Gasteiger partial charge < -0.3 is 19.5 Å². The quantitative estimate of drug-likeness (QED) is 0.417. The number of fused-ring (bicyclic) bond motifs is 1. The fourth-order valence-corrected chi connectivity index (χ4v) is 4.16. The van der Waals surface area contributed by atoms with Crippen molar-refractivity contribution in [3.8, 4) is 23.0 Å². The van der Waals surface area contributed by atoms with E-state index in [2.05, 4.69) is 28.6 Å². The van der Waals surface area contributed by atoms with E-state index >= 15 is 0 Å². The van der Waals surface area contributed by atoms with Crippen LogP contribution < -0.4 is 24.8 Å². The molecule has 35 heavy (non-hydrogen) atoms. The Kier molecular flexibility index (Phi) is 7.50. The van der Waals surface area contributed by atoms with Crippen molar-refractivity contribution < 1.29 is 23.8 Å². The molecule has 2 aromatic carbocycles. The van der Waals surface area contributed by atoms with Crippen LogP contribution in [-0.4, -0.2) is 31.1 Å². The van der Waals surface area contributed by atoms with Crippen molar-refractivity contribution in [2.45, 2.75) is 32.6 Å². The van der Waals surface area contributed by atoms with Crippen LogP contribution in [0.5, 0.6) is 23.0 Å². The molecule has 1 heterocycles. The number of pyridine rings is 1. The van der Waals surface area contributed by atoms with Crippen LogP contribution in [0.25, 0.3) is 10.9 Å². The van der Waals surface area contributed by atoms with Gasteiger partial charge in [0.1, 0.15) is 11.5 Å². The third kappa shape index (κ3) is 6.09. The summed E-state index contributed by atoms with van der Waals surface area (Å²) < 4.78 is 16.8. The van der Waals surface area contributed by atoms with Crippen molar-refractivity contribution in [2.75, 3.05) is 19.5 Å². The lowest BCUT2D eigenvalue weighted by atomic mass is 9.89. The lowest BCUT2D eigenvalue weighted by Crippen LogP contribution is -2.34. The molecule has 182 valence electrons. The molecule has 0 bridgehead atoms. The molecule has 0 aliphatic heterocycles. The maximum atomic E-state index is 12.2. The molecule has 2 N–H and O–H groups in total. The van der Waals surface area contributed by atoms with Gasteiger partial charge in [0.05, 0.1) is 19.7 Å². The summed E-state index contributed by atoms with van der Waals surface area (Å²) >= 11 is 0. The van der Waals surface area contributed by atoms with Gasteiger partial charge in [-0.2, -0.15) is 0 Å². The van der Waals surface area contributed by atoms with Gasteiger partial charge >= 0.3 is 6.03 Å². The van der Waals surface area contributed by atoms with Crippen LogP contribution >= 0.6 is 0 Å². The monoisotopic (exact) mass is 475 g/mol. The van der Waals surface area contributed by atoms with Crippen molar-refractivity contribution in [3.63, 3.8) is 0 Å². The SMILES string of the molecule is COc1cc2nccc(Oc3ccc(NC(=O)NC(=O)CC4=CCCC(C)C4)cc3)c2cc1OC. The third-order valence-electron chi connectivity index (χ3n) is 5.89. The smallest absolute Gasteiger partial charge is 0.325 e. The van der Waals surface area contributed by atoms with Gasteiger partial charge in [-0.25, -0.2) is 4.79 Å². The number of carbonyl (C=O) groups excluding carboxylic acids is 2. The van der Waals surface area contributed by atoms with E-state index in [4.69, 9.17) is 14.2 Å². The zero-order chi connectivity index (χ0) is 24.8. The molecule has 1 aliphatic carbocycles. The van der Waals surface area contributed by atoms with E-state index in [1.54, 1.807) is 56.8 Å². The maximum absolute atomic E-state index is 12.2. The number of aromatic nitrogens is 1. The van der Waals surface area contributed by atoms with E-state index in [1.165, 1.54) is 0 Å². The molecular formula is C27H29N3O5. The van der Waals surface area contributed by atoms with E-state index in [0.29, 0.717) is 40.1 Å². The first-order valence-corrected chi connectivity index (χ1v) is 11.5. The van der Waals surface area contributed by atoms with Crippen molar-refractivity contribution >= 4 is 28.5 Å². The summed E-state index contributed by atoms with van der Waals surface area (Å²) in [6, 6.07) is 11.7. The number of nitrogens with one attached hydrogen (secondary N) is 2. The molecular weight excluding hydrogens is 446 g/mol. The third-order valence-corrected chi connectivity index (χ3v) is 5.89. The van der Waals surface area contributed by atoms with Gasteiger partial charge in [-0.1, -0.05) is 18.6 Å². The number of anilines is 1. The molecule has 4 rings (SSSR count). The number of nitrogens with zero attached hydrogens (tertiary/aromatic N) is 1.